The number of rotatable bonds is 1. The Labute approximate surface area is 105 Å². The van der Waals surface area contributed by atoms with Crippen molar-refractivity contribution < 1.29 is 0 Å². The van der Waals surface area contributed by atoms with Crippen molar-refractivity contribution in [2.24, 2.45) is 0 Å². The van der Waals surface area contributed by atoms with E-state index >= 15 is 0 Å². The van der Waals surface area contributed by atoms with E-state index in [1.54, 1.807) is 0 Å². The first-order valence-corrected chi connectivity index (χ1v) is 6.25. The molecular formula is C13H14ClN3. The number of nitrogens with one attached hydrogen (secondary N) is 2. The Kier molecular flexibility index (Phi) is 2.87. The molecule has 0 saturated carbocycles. The highest BCUT2D eigenvalue weighted by molar-refractivity contribution is 6.30. The van der Waals surface area contributed by atoms with Crippen LogP contribution in [0.1, 0.15) is 11.3 Å². The van der Waals surface area contributed by atoms with Crippen molar-refractivity contribution in [1.29, 1.82) is 0 Å². The number of aromatic nitrogens is 2. The molecule has 0 aliphatic carbocycles. The van der Waals surface area contributed by atoms with Crippen LogP contribution in [-0.2, 0) is 12.8 Å². The van der Waals surface area contributed by atoms with Gasteiger partial charge in [0.2, 0.25) is 0 Å². The zero-order valence-corrected chi connectivity index (χ0v) is 10.2. The van der Waals surface area contributed by atoms with Gasteiger partial charge in [0, 0.05) is 34.8 Å². The zero-order chi connectivity index (χ0) is 11.7. The molecule has 3 rings (SSSR count). The van der Waals surface area contributed by atoms with E-state index in [0.29, 0.717) is 0 Å². The van der Waals surface area contributed by atoms with Gasteiger partial charge < -0.3 is 5.32 Å². The third kappa shape index (κ3) is 2.08. The van der Waals surface area contributed by atoms with E-state index in [4.69, 9.17) is 11.6 Å². The SMILES string of the molecule is Clc1cccc(-c2n[nH]c3c2CCNCC3)c1. The number of nitrogens with zero attached hydrogens (tertiary/aromatic N) is 1. The Balaban J connectivity index is 2.06. The van der Waals surface area contributed by atoms with Gasteiger partial charge in [-0.05, 0) is 25.1 Å². The summed E-state index contributed by atoms with van der Waals surface area (Å²) in [6, 6.07) is 7.88. The minimum absolute atomic E-state index is 0.756. The molecule has 0 unspecified atom stereocenters. The predicted molar refractivity (Wildman–Crippen MR) is 69.3 cm³/mol. The first-order valence-electron chi connectivity index (χ1n) is 5.87. The zero-order valence-electron chi connectivity index (χ0n) is 9.46. The molecule has 1 aromatic heterocycles. The van der Waals surface area contributed by atoms with E-state index in [1.807, 2.05) is 18.2 Å². The molecule has 1 aliphatic rings. The lowest BCUT2D eigenvalue weighted by molar-refractivity contribution is 0.703. The number of halogens is 1. The Bertz CT molecular complexity index is 533. The van der Waals surface area contributed by atoms with Crippen LogP contribution in [0.25, 0.3) is 11.3 Å². The summed E-state index contributed by atoms with van der Waals surface area (Å²) < 4.78 is 0. The third-order valence-electron chi connectivity index (χ3n) is 3.15. The second kappa shape index (κ2) is 4.51. The fourth-order valence-corrected chi connectivity index (χ4v) is 2.49. The van der Waals surface area contributed by atoms with Gasteiger partial charge in [0.1, 0.15) is 0 Å². The second-order valence-corrected chi connectivity index (χ2v) is 4.73. The Morgan fingerprint density at radius 1 is 1.18 bits per heavy atom. The molecule has 2 N–H and O–H groups in total. The summed E-state index contributed by atoms with van der Waals surface area (Å²) in [4.78, 5) is 0. The van der Waals surface area contributed by atoms with E-state index in [-0.39, 0.29) is 0 Å². The predicted octanol–water partition coefficient (Wildman–Crippen LogP) is 2.42. The standard InChI is InChI=1S/C13H14ClN3/c14-10-3-1-2-9(8-10)13-11-4-6-15-7-5-12(11)16-17-13/h1-3,8,15H,4-7H2,(H,16,17). The van der Waals surface area contributed by atoms with Gasteiger partial charge >= 0.3 is 0 Å². The topological polar surface area (TPSA) is 40.7 Å². The molecule has 1 aromatic carbocycles. The van der Waals surface area contributed by atoms with Gasteiger partial charge in [0.25, 0.3) is 0 Å². The van der Waals surface area contributed by atoms with Gasteiger partial charge in [-0.2, -0.15) is 5.10 Å². The smallest absolute Gasteiger partial charge is 0.0956 e. The van der Waals surface area contributed by atoms with Crippen molar-refractivity contribution >= 4 is 11.6 Å². The second-order valence-electron chi connectivity index (χ2n) is 4.29. The maximum Gasteiger partial charge on any atom is 0.0956 e. The van der Waals surface area contributed by atoms with E-state index < -0.39 is 0 Å². The molecule has 0 atom stereocenters. The summed E-state index contributed by atoms with van der Waals surface area (Å²) in [5, 5.41) is 11.7. The van der Waals surface area contributed by atoms with E-state index in [1.165, 1.54) is 11.3 Å². The van der Waals surface area contributed by atoms with Gasteiger partial charge in [-0.1, -0.05) is 23.7 Å². The molecule has 0 bridgehead atoms. The van der Waals surface area contributed by atoms with Crippen LogP contribution in [0.2, 0.25) is 5.02 Å². The molecule has 0 amide bonds. The summed E-state index contributed by atoms with van der Waals surface area (Å²) in [5.41, 5.74) is 4.73. The molecule has 17 heavy (non-hydrogen) atoms. The Morgan fingerprint density at radius 3 is 2.94 bits per heavy atom. The van der Waals surface area contributed by atoms with Gasteiger partial charge in [-0.15, -0.1) is 0 Å². The maximum atomic E-state index is 6.03. The van der Waals surface area contributed by atoms with Crippen molar-refractivity contribution in [3.63, 3.8) is 0 Å². The van der Waals surface area contributed by atoms with Gasteiger partial charge in [0.05, 0.1) is 5.69 Å². The normalized spacial score (nSPS) is 15.4. The number of fused-ring (bicyclic) bond motifs is 1. The highest BCUT2D eigenvalue weighted by Crippen LogP contribution is 2.27. The van der Waals surface area contributed by atoms with E-state index in [0.717, 1.165) is 42.2 Å². The molecule has 0 fully saturated rings. The maximum absolute atomic E-state index is 6.03. The molecule has 2 heterocycles. The lowest BCUT2D eigenvalue weighted by atomic mass is 10.0. The van der Waals surface area contributed by atoms with Crippen LogP contribution in [0, 0.1) is 0 Å². The number of H-pyrrole nitrogens is 1. The van der Waals surface area contributed by atoms with Crippen LogP contribution < -0.4 is 5.32 Å². The average Bonchev–Trinajstić information content (AvgIpc) is 2.59. The molecule has 3 nitrogen and oxygen atoms in total. The van der Waals surface area contributed by atoms with Crippen LogP contribution in [0.15, 0.2) is 24.3 Å². The van der Waals surface area contributed by atoms with Crippen molar-refractivity contribution in [1.82, 2.24) is 15.5 Å². The summed E-state index contributed by atoms with van der Waals surface area (Å²) in [5.74, 6) is 0. The lowest BCUT2D eigenvalue weighted by Crippen LogP contribution is -2.16. The van der Waals surface area contributed by atoms with E-state index in [9.17, 15) is 0 Å². The highest BCUT2D eigenvalue weighted by Gasteiger charge is 2.16. The van der Waals surface area contributed by atoms with Crippen molar-refractivity contribution in [3.8, 4) is 11.3 Å². The van der Waals surface area contributed by atoms with Crippen LogP contribution in [0.4, 0.5) is 0 Å². The molecule has 0 radical (unpaired) electrons. The fourth-order valence-electron chi connectivity index (χ4n) is 2.30. The Morgan fingerprint density at radius 2 is 2.06 bits per heavy atom. The molecule has 2 aromatic rings. The number of hydrogen-bond acceptors (Lipinski definition) is 2. The number of benzene rings is 1. The monoisotopic (exact) mass is 247 g/mol. The van der Waals surface area contributed by atoms with Gasteiger partial charge in [-0.25, -0.2) is 0 Å². The molecule has 1 aliphatic heterocycles. The molecule has 0 spiro atoms. The van der Waals surface area contributed by atoms with Crippen LogP contribution >= 0.6 is 11.6 Å². The summed E-state index contributed by atoms with van der Waals surface area (Å²) >= 11 is 6.03. The summed E-state index contributed by atoms with van der Waals surface area (Å²) in [6.07, 6.45) is 2.04. The average molecular weight is 248 g/mol. The van der Waals surface area contributed by atoms with Gasteiger partial charge in [0.15, 0.2) is 0 Å². The molecule has 0 saturated heterocycles. The molecular weight excluding hydrogens is 234 g/mol. The summed E-state index contributed by atoms with van der Waals surface area (Å²) in [7, 11) is 0. The highest BCUT2D eigenvalue weighted by atomic mass is 35.5. The first kappa shape index (κ1) is 10.8. The summed E-state index contributed by atoms with van der Waals surface area (Å²) in [6.45, 7) is 2.03. The van der Waals surface area contributed by atoms with Crippen molar-refractivity contribution in [3.05, 3.63) is 40.5 Å². The van der Waals surface area contributed by atoms with Crippen molar-refractivity contribution in [2.45, 2.75) is 12.8 Å². The Hall–Kier alpha value is -1.32. The molecule has 4 heteroatoms. The first-order chi connectivity index (χ1) is 8.34. The van der Waals surface area contributed by atoms with E-state index in [2.05, 4.69) is 21.6 Å². The van der Waals surface area contributed by atoms with Gasteiger partial charge in [-0.3, -0.25) is 5.10 Å². The number of hydrogen-bond donors (Lipinski definition) is 2. The quantitative estimate of drug-likeness (QED) is 0.813. The fraction of sp³-hybridized carbons (Fsp3) is 0.308. The largest absolute Gasteiger partial charge is 0.316 e. The minimum Gasteiger partial charge on any atom is -0.316 e. The van der Waals surface area contributed by atoms with Crippen LogP contribution in [0.3, 0.4) is 0 Å². The number of aromatic amines is 1. The van der Waals surface area contributed by atoms with Crippen molar-refractivity contribution in [2.75, 3.05) is 13.1 Å². The lowest BCUT2D eigenvalue weighted by Gasteiger charge is -2.02. The minimum atomic E-state index is 0.756. The third-order valence-corrected chi connectivity index (χ3v) is 3.39. The van der Waals surface area contributed by atoms with Crippen LogP contribution in [0.5, 0.6) is 0 Å². The molecule has 88 valence electrons. The van der Waals surface area contributed by atoms with Crippen LogP contribution in [-0.4, -0.2) is 23.3 Å².